The van der Waals surface area contributed by atoms with Gasteiger partial charge in [-0.2, -0.15) is 0 Å². The molecule has 7 heteroatoms. The van der Waals surface area contributed by atoms with Crippen molar-refractivity contribution in [3.63, 3.8) is 0 Å². The Bertz CT molecular complexity index is 701. The van der Waals surface area contributed by atoms with Gasteiger partial charge in [0.25, 0.3) is 0 Å². The zero-order valence-electron chi connectivity index (χ0n) is 14.2. The van der Waals surface area contributed by atoms with E-state index in [2.05, 4.69) is 10.3 Å². The van der Waals surface area contributed by atoms with E-state index in [9.17, 15) is 4.79 Å². The Kier molecular flexibility index (Phi) is 6.87. The lowest BCUT2D eigenvalue weighted by Gasteiger charge is -2.21. The topological polar surface area (TPSA) is 72.9 Å². The SMILES string of the molecule is Cl.Cn1ccnc1C(NC(=O)C[C@@H]1CCC[C@H]1N)c1ccc(Cl)cc1. The maximum absolute atomic E-state index is 12.6. The standard InChI is InChI=1S/C18H23ClN4O.ClH/c1-23-10-9-21-18(23)17(12-5-7-14(19)8-6-12)22-16(24)11-13-3-2-4-15(13)20;/h5-10,13,15,17H,2-4,11,20H2,1H3,(H,22,24);1H/t13-,15+,17?;/m0./s1. The third-order valence-corrected chi connectivity index (χ3v) is 5.04. The Labute approximate surface area is 159 Å². The number of nitrogens with two attached hydrogens (primary N) is 1. The van der Waals surface area contributed by atoms with E-state index in [0.29, 0.717) is 11.4 Å². The monoisotopic (exact) mass is 382 g/mol. The summed E-state index contributed by atoms with van der Waals surface area (Å²) in [4.78, 5) is 17.0. The number of nitrogens with one attached hydrogen (secondary N) is 1. The molecule has 0 spiro atoms. The zero-order chi connectivity index (χ0) is 17.1. The minimum absolute atomic E-state index is 0. The first-order valence-corrected chi connectivity index (χ1v) is 8.70. The second-order valence-electron chi connectivity index (χ2n) is 6.51. The molecule has 1 aliphatic carbocycles. The van der Waals surface area contributed by atoms with Crippen molar-refractivity contribution in [2.75, 3.05) is 0 Å². The summed E-state index contributed by atoms with van der Waals surface area (Å²) in [6, 6.07) is 7.33. The van der Waals surface area contributed by atoms with Crippen molar-refractivity contribution in [1.29, 1.82) is 0 Å². The second-order valence-corrected chi connectivity index (χ2v) is 6.94. The van der Waals surface area contributed by atoms with Crippen LogP contribution >= 0.6 is 24.0 Å². The van der Waals surface area contributed by atoms with Gasteiger partial charge in [0.05, 0.1) is 0 Å². The Balaban J connectivity index is 0.00000225. The van der Waals surface area contributed by atoms with Gasteiger partial charge in [0.1, 0.15) is 11.9 Å². The molecule has 25 heavy (non-hydrogen) atoms. The lowest BCUT2D eigenvalue weighted by molar-refractivity contribution is -0.122. The number of carbonyl (C=O) groups excluding carboxylic acids is 1. The molecule has 0 bridgehead atoms. The molecule has 1 aromatic heterocycles. The van der Waals surface area contributed by atoms with E-state index < -0.39 is 0 Å². The van der Waals surface area contributed by atoms with Gasteiger partial charge in [-0.1, -0.05) is 30.2 Å². The highest BCUT2D eigenvalue weighted by molar-refractivity contribution is 6.30. The van der Waals surface area contributed by atoms with Crippen LogP contribution in [0, 0.1) is 5.92 Å². The smallest absolute Gasteiger partial charge is 0.221 e. The number of rotatable bonds is 5. The van der Waals surface area contributed by atoms with Gasteiger partial charge in [0, 0.05) is 36.9 Å². The zero-order valence-corrected chi connectivity index (χ0v) is 15.8. The summed E-state index contributed by atoms with van der Waals surface area (Å²) < 4.78 is 1.92. The number of carbonyl (C=O) groups is 1. The molecule has 0 radical (unpaired) electrons. The molecule has 1 unspecified atom stereocenters. The van der Waals surface area contributed by atoms with Crippen molar-refractivity contribution >= 4 is 29.9 Å². The molecule has 3 N–H and O–H groups in total. The van der Waals surface area contributed by atoms with Gasteiger partial charge in [0.2, 0.25) is 5.91 Å². The maximum Gasteiger partial charge on any atom is 0.221 e. The van der Waals surface area contributed by atoms with Crippen LogP contribution in [0.4, 0.5) is 0 Å². The number of aromatic nitrogens is 2. The minimum Gasteiger partial charge on any atom is -0.342 e. The van der Waals surface area contributed by atoms with Crippen LogP contribution in [0.15, 0.2) is 36.7 Å². The molecule has 1 aliphatic rings. The number of aryl methyl sites for hydroxylation is 1. The van der Waals surface area contributed by atoms with Crippen LogP contribution in [0.25, 0.3) is 0 Å². The average Bonchev–Trinajstić information content (AvgIpc) is 3.15. The molecular formula is C18H24Cl2N4O. The molecule has 1 heterocycles. The van der Waals surface area contributed by atoms with Crippen molar-refractivity contribution in [3.8, 4) is 0 Å². The van der Waals surface area contributed by atoms with Crippen LogP contribution in [0.5, 0.6) is 0 Å². The van der Waals surface area contributed by atoms with Gasteiger partial charge in [-0.25, -0.2) is 4.98 Å². The lowest BCUT2D eigenvalue weighted by atomic mass is 9.99. The summed E-state index contributed by atoms with van der Waals surface area (Å²) in [6.45, 7) is 0. The highest BCUT2D eigenvalue weighted by Crippen LogP contribution is 2.28. The van der Waals surface area contributed by atoms with Crippen molar-refractivity contribution in [2.45, 2.75) is 37.8 Å². The number of hydrogen-bond donors (Lipinski definition) is 2. The normalized spacial score (nSPS) is 20.8. The van der Waals surface area contributed by atoms with E-state index in [4.69, 9.17) is 17.3 Å². The fourth-order valence-corrected chi connectivity index (χ4v) is 3.51. The number of amides is 1. The highest BCUT2D eigenvalue weighted by atomic mass is 35.5. The third-order valence-electron chi connectivity index (χ3n) is 4.79. The number of benzene rings is 1. The predicted molar refractivity (Wildman–Crippen MR) is 102 cm³/mol. The molecule has 2 aromatic rings. The average molecular weight is 383 g/mol. The highest BCUT2D eigenvalue weighted by Gasteiger charge is 2.28. The molecule has 136 valence electrons. The maximum atomic E-state index is 12.6. The first kappa shape index (κ1) is 19.8. The molecule has 0 aliphatic heterocycles. The minimum atomic E-state index is -0.299. The number of halogens is 2. The Morgan fingerprint density at radius 3 is 2.68 bits per heavy atom. The van der Waals surface area contributed by atoms with Crippen molar-refractivity contribution in [2.24, 2.45) is 18.7 Å². The number of imidazole rings is 1. The molecule has 1 amide bonds. The Morgan fingerprint density at radius 2 is 2.12 bits per heavy atom. The van der Waals surface area contributed by atoms with Crippen LogP contribution < -0.4 is 11.1 Å². The summed E-state index contributed by atoms with van der Waals surface area (Å²) in [7, 11) is 1.92. The number of hydrogen-bond acceptors (Lipinski definition) is 3. The van der Waals surface area contributed by atoms with Gasteiger partial charge >= 0.3 is 0 Å². The lowest BCUT2D eigenvalue weighted by Crippen LogP contribution is -2.35. The van der Waals surface area contributed by atoms with Gasteiger partial charge in [-0.15, -0.1) is 12.4 Å². The van der Waals surface area contributed by atoms with E-state index in [-0.39, 0.29) is 36.3 Å². The fraction of sp³-hybridized carbons (Fsp3) is 0.444. The number of nitrogens with zero attached hydrogens (tertiary/aromatic N) is 2. The summed E-state index contributed by atoms with van der Waals surface area (Å²) in [5.74, 6) is 1.08. The molecule has 5 nitrogen and oxygen atoms in total. The summed E-state index contributed by atoms with van der Waals surface area (Å²) in [5, 5.41) is 3.79. The van der Waals surface area contributed by atoms with Gasteiger partial charge < -0.3 is 15.6 Å². The first-order chi connectivity index (χ1) is 11.5. The molecule has 1 saturated carbocycles. The van der Waals surface area contributed by atoms with Crippen LogP contribution in [-0.2, 0) is 11.8 Å². The van der Waals surface area contributed by atoms with Gasteiger partial charge in [-0.05, 0) is 36.5 Å². The Hall–Kier alpha value is -1.56. The van der Waals surface area contributed by atoms with Crippen molar-refractivity contribution in [1.82, 2.24) is 14.9 Å². The Morgan fingerprint density at radius 1 is 1.40 bits per heavy atom. The van der Waals surface area contributed by atoms with E-state index in [1.165, 1.54) is 0 Å². The molecule has 1 aromatic carbocycles. The van der Waals surface area contributed by atoms with Crippen molar-refractivity contribution in [3.05, 3.63) is 53.1 Å². The summed E-state index contributed by atoms with van der Waals surface area (Å²) in [5.41, 5.74) is 7.05. The van der Waals surface area contributed by atoms with Crippen LogP contribution in [0.2, 0.25) is 5.02 Å². The van der Waals surface area contributed by atoms with E-state index in [0.717, 1.165) is 30.7 Å². The van der Waals surface area contributed by atoms with E-state index in [1.54, 1.807) is 6.20 Å². The first-order valence-electron chi connectivity index (χ1n) is 8.32. The van der Waals surface area contributed by atoms with Gasteiger partial charge in [0.15, 0.2) is 0 Å². The van der Waals surface area contributed by atoms with Gasteiger partial charge in [-0.3, -0.25) is 4.79 Å². The van der Waals surface area contributed by atoms with E-state index >= 15 is 0 Å². The summed E-state index contributed by atoms with van der Waals surface area (Å²) >= 11 is 5.99. The van der Waals surface area contributed by atoms with Crippen LogP contribution in [0.1, 0.15) is 43.1 Å². The molecule has 0 saturated heterocycles. The largest absolute Gasteiger partial charge is 0.342 e. The molecule has 1 fully saturated rings. The fourth-order valence-electron chi connectivity index (χ4n) is 3.38. The molecular weight excluding hydrogens is 359 g/mol. The molecule has 3 rings (SSSR count). The third kappa shape index (κ3) is 4.75. The second kappa shape index (κ2) is 8.70. The quantitative estimate of drug-likeness (QED) is 0.833. The predicted octanol–water partition coefficient (Wildman–Crippen LogP) is 3.22. The van der Waals surface area contributed by atoms with E-state index in [1.807, 2.05) is 42.1 Å². The van der Waals surface area contributed by atoms with Crippen LogP contribution in [0.3, 0.4) is 0 Å². The van der Waals surface area contributed by atoms with Crippen LogP contribution in [-0.4, -0.2) is 21.5 Å². The molecule has 3 atom stereocenters. The van der Waals surface area contributed by atoms with Crippen molar-refractivity contribution < 1.29 is 4.79 Å². The summed E-state index contributed by atoms with van der Waals surface area (Å²) in [6.07, 6.45) is 7.23.